The number of amides is 1. The van der Waals surface area contributed by atoms with Gasteiger partial charge in [0.25, 0.3) is 0 Å². The van der Waals surface area contributed by atoms with E-state index in [-0.39, 0.29) is 11.7 Å². The molecule has 1 N–H and O–H groups in total. The molecule has 0 spiro atoms. The number of fused-ring (bicyclic) bond motifs is 2. The number of para-hydroxylation sites is 1. The van der Waals surface area contributed by atoms with E-state index in [9.17, 15) is 4.79 Å². The summed E-state index contributed by atoms with van der Waals surface area (Å²) >= 11 is 7.71. The summed E-state index contributed by atoms with van der Waals surface area (Å²) in [6, 6.07) is 11.2. The molecule has 1 amide bonds. The van der Waals surface area contributed by atoms with E-state index >= 15 is 0 Å². The number of thioether (sulfide) groups is 1. The predicted molar refractivity (Wildman–Crippen MR) is 127 cm³/mol. The maximum Gasteiger partial charge on any atom is 0.234 e. The zero-order valence-corrected chi connectivity index (χ0v) is 19.5. The molecular weight excluding hydrogens is 464 g/mol. The van der Waals surface area contributed by atoms with Gasteiger partial charge in [-0.2, -0.15) is 0 Å². The molecule has 0 bridgehead atoms. The van der Waals surface area contributed by atoms with Crippen LogP contribution in [0.1, 0.15) is 5.82 Å². The lowest BCUT2D eigenvalue weighted by Crippen LogP contribution is -2.36. The van der Waals surface area contributed by atoms with Crippen LogP contribution < -0.4 is 14.8 Å². The summed E-state index contributed by atoms with van der Waals surface area (Å²) in [5, 5.41) is 4.98. The van der Waals surface area contributed by atoms with Gasteiger partial charge in [-0.3, -0.25) is 9.69 Å². The lowest BCUT2D eigenvalue weighted by molar-refractivity contribution is -0.113. The molecule has 1 saturated heterocycles. The molecule has 172 valence electrons. The number of hydrogen-bond acceptors (Lipinski definition) is 8. The highest BCUT2D eigenvalue weighted by molar-refractivity contribution is 8.00. The second-order valence-corrected chi connectivity index (χ2v) is 9.03. The van der Waals surface area contributed by atoms with Crippen molar-refractivity contribution in [2.24, 2.45) is 0 Å². The van der Waals surface area contributed by atoms with Crippen LogP contribution in [0.25, 0.3) is 10.9 Å². The molecule has 10 heteroatoms. The number of hydrogen-bond donors (Lipinski definition) is 1. The third-order valence-corrected chi connectivity index (χ3v) is 6.63. The van der Waals surface area contributed by atoms with Gasteiger partial charge in [-0.05, 0) is 6.07 Å². The maximum atomic E-state index is 12.7. The minimum atomic E-state index is -0.184. The number of benzene rings is 2. The lowest BCUT2D eigenvalue weighted by atomic mass is 10.2. The average molecular weight is 487 g/mol. The molecule has 0 atom stereocenters. The lowest BCUT2D eigenvalue weighted by Gasteiger charge is -2.25. The van der Waals surface area contributed by atoms with Gasteiger partial charge in [0.1, 0.15) is 24.1 Å². The average Bonchev–Trinajstić information content (AvgIpc) is 2.83. The van der Waals surface area contributed by atoms with E-state index in [2.05, 4.69) is 10.2 Å². The van der Waals surface area contributed by atoms with Crippen molar-refractivity contribution in [3.8, 4) is 11.5 Å². The van der Waals surface area contributed by atoms with Crippen LogP contribution in [0.2, 0.25) is 5.02 Å². The number of anilines is 1. The van der Waals surface area contributed by atoms with Gasteiger partial charge < -0.3 is 19.5 Å². The van der Waals surface area contributed by atoms with Gasteiger partial charge in [-0.1, -0.05) is 41.6 Å². The SMILES string of the molecule is O=C(CSc1nc(CN2CCOCC2)nc2ccccc12)Nc1cc2c(cc1Cl)OCCO2. The summed E-state index contributed by atoms with van der Waals surface area (Å²) < 4.78 is 16.5. The van der Waals surface area contributed by atoms with E-state index in [1.165, 1.54) is 11.8 Å². The van der Waals surface area contributed by atoms with Gasteiger partial charge in [0.15, 0.2) is 11.5 Å². The molecule has 1 aromatic heterocycles. The Labute approximate surface area is 200 Å². The first-order chi connectivity index (χ1) is 16.2. The third kappa shape index (κ3) is 5.33. The van der Waals surface area contributed by atoms with Crippen LogP contribution in [0.5, 0.6) is 11.5 Å². The van der Waals surface area contributed by atoms with Crippen LogP contribution in [-0.2, 0) is 16.1 Å². The largest absolute Gasteiger partial charge is 0.486 e. The minimum absolute atomic E-state index is 0.183. The molecule has 0 saturated carbocycles. The van der Waals surface area contributed by atoms with E-state index in [1.54, 1.807) is 12.1 Å². The van der Waals surface area contributed by atoms with Crippen LogP contribution in [0.15, 0.2) is 41.4 Å². The zero-order valence-electron chi connectivity index (χ0n) is 17.9. The Morgan fingerprint density at radius 2 is 1.82 bits per heavy atom. The molecule has 2 aliphatic heterocycles. The van der Waals surface area contributed by atoms with Crippen molar-refractivity contribution >= 4 is 45.9 Å². The number of halogens is 1. The first-order valence-electron chi connectivity index (χ1n) is 10.7. The Hall–Kier alpha value is -2.59. The van der Waals surface area contributed by atoms with E-state index in [0.717, 1.165) is 48.1 Å². The van der Waals surface area contributed by atoms with Gasteiger partial charge in [-0.25, -0.2) is 9.97 Å². The van der Waals surface area contributed by atoms with E-state index in [1.807, 2.05) is 24.3 Å². The maximum absolute atomic E-state index is 12.7. The van der Waals surface area contributed by atoms with Crippen molar-refractivity contribution in [3.63, 3.8) is 0 Å². The second kappa shape index (κ2) is 10.1. The van der Waals surface area contributed by atoms with Gasteiger partial charge in [0.05, 0.1) is 41.7 Å². The number of nitrogens with zero attached hydrogens (tertiary/aromatic N) is 3. The van der Waals surface area contributed by atoms with Crippen LogP contribution in [0.4, 0.5) is 5.69 Å². The standard InChI is InChI=1S/C23H23ClN4O4S/c24-16-11-19-20(32-10-9-31-19)12-18(16)26-22(29)14-33-23-15-3-1-2-4-17(15)25-21(27-23)13-28-5-7-30-8-6-28/h1-4,11-12H,5-10,13-14H2,(H,26,29). The molecule has 3 aromatic rings. The number of ether oxygens (including phenoxy) is 3. The molecule has 1 fully saturated rings. The number of carbonyl (C=O) groups is 1. The van der Waals surface area contributed by atoms with Gasteiger partial charge >= 0.3 is 0 Å². The topological polar surface area (TPSA) is 85.8 Å². The first kappa shape index (κ1) is 22.2. The molecule has 2 aromatic carbocycles. The second-order valence-electron chi connectivity index (χ2n) is 7.66. The first-order valence-corrected chi connectivity index (χ1v) is 12.1. The Morgan fingerprint density at radius 1 is 1.06 bits per heavy atom. The van der Waals surface area contributed by atoms with E-state index in [0.29, 0.717) is 42.0 Å². The fourth-order valence-electron chi connectivity index (χ4n) is 3.71. The Morgan fingerprint density at radius 3 is 2.64 bits per heavy atom. The van der Waals surface area contributed by atoms with Gasteiger partial charge in [-0.15, -0.1) is 0 Å². The normalized spacial score (nSPS) is 16.0. The van der Waals surface area contributed by atoms with Crippen LogP contribution in [-0.4, -0.2) is 66.0 Å². The van der Waals surface area contributed by atoms with Gasteiger partial charge in [0, 0.05) is 30.6 Å². The summed E-state index contributed by atoms with van der Waals surface area (Å²) in [7, 11) is 0. The molecule has 8 nitrogen and oxygen atoms in total. The van der Waals surface area contributed by atoms with Crippen LogP contribution >= 0.6 is 23.4 Å². The molecular formula is C23H23ClN4O4S. The fourth-order valence-corrected chi connectivity index (χ4v) is 4.75. The van der Waals surface area contributed by atoms with Gasteiger partial charge in [0.2, 0.25) is 5.91 Å². The minimum Gasteiger partial charge on any atom is -0.486 e. The van der Waals surface area contributed by atoms with E-state index < -0.39 is 0 Å². The highest BCUT2D eigenvalue weighted by atomic mass is 35.5. The highest BCUT2D eigenvalue weighted by Crippen LogP contribution is 2.38. The molecule has 5 rings (SSSR count). The summed E-state index contributed by atoms with van der Waals surface area (Å²) in [6.07, 6.45) is 0. The summed E-state index contributed by atoms with van der Waals surface area (Å²) in [6.45, 7) is 4.75. The smallest absolute Gasteiger partial charge is 0.234 e. The summed E-state index contributed by atoms with van der Waals surface area (Å²) in [5.74, 6) is 1.90. The Bertz CT molecular complexity index is 1170. The number of aromatic nitrogens is 2. The quantitative estimate of drug-likeness (QED) is 0.417. The monoisotopic (exact) mass is 486 g/mol. The third-order valence-electron chi connectivity index (χ3n) is 5.33. The van der Waals surface area contributed by atoms with Crippen molar-refractivity contribution in [1.82, 2.24) is 14.9 Å². The highest BCUT2D eigenvalue weighted by Gasteiger charge is 2.18. The van der Waals surface area contributed by atoms with Crippen molar-refractivity contribution in [1.29, 1.82) is 0 Å². The molecule has 0 unspecified atom stereocenters. The molecule has 0 aliphatic carbocycles. The molecule has 0 radical (unpaired) electrons. The molecule has 3 heterocycles. The molecule has 33 heavy (non-hydrogen) atoms. The van der Waals surface area contributed by atoms with Crippen molar-refractivity contribution in [2.45, 2.75) is 11.6 Å². The van der Waals surface area contributed by atoms with Crippen molar-refractivity contribution < 1.29 is 19.0 Å². The molecule has 2 aliphatic rings. The summed E-state index contributed by atoms with van der Waals surface area (Å²) in [4.78, 5) is 24.5. The van der Waals surface area contributed by atoms with Crippen molar-refractivity contribution in [3.05, 3.63) is 47.2 Å². The number of morpholine rings is 1. The number of nitrogens with one attached hydrogen (secondary N) is 1. The summed E-state index contributed by atoms with van der Waals surface area (Å²) in [5.41, 5.74) is 1.36. The predicted octanol–water partition coefficient (Wildman–Crippen LogP) is 3.62. The Kier molecular flexibility index (Phi) is 6.82. The zero-order chi connectivity index (χ0) is 22.6. The van der Waals surface area contributed by atoms with E-state index in [4.69, 9.17) is 35.8 Å². The number of rotatable bonds is 6. The van der Waals surface area contributed by atoms with Crippen LogP contribution in [0.3, 0.4) is 0 Å². The fraction of sp³-hybridized carbons (Fsp3) is 0.348. The van der Waals surface area contributed by atoms with Crippen LogP contribution in [0, 0.1) is 0 Å². The number of carbonyl (C=O) groups excluding carboxylic acids is 1. The Balaban J connectivity index is 1.30. The van der Waals surface area contributed by atoms with Crippen molar-refractivity contribution in [2.75, 3.05) is 50.6 Å².